The lowest BCUT2D eigenvalue weighted by molar-refractivity contribution is -0.376. The number of aryl methyl sites for hydroxylation is 2. The average Bonchev–Trinajstić information content (AvgIpc) is 3.25. The molecule has 1 aliphatic carbocycles. The molecule has 1 aromatic carbocycles. The smallest absolute Gasteiger partial charge is 0.430 e. The summed E-state index contributed by atoms with van der Waals surface area (Å²) in [5, 5.41) is 12.8. The number of carbonyl (C=O) groups is 2. The maximum absolute atomic E-state index is 13.6. The molecule has 8 nitrogen and oxygen atoms in total. The Morgan fingerprint density at radius 2 is 1.61 bits per heavy atom. The van der Waals surface area contributed by atoms with Crippen molar-refractivity contribution in [2.24, 2.45) is 5.92 Å². The number of nitrogens with one attached hydrogen (secondary N) is 1. The van der Waals surface area contributed by atoms with E-state index in [2.05, 4.69) is 17.2 Å². The Morgan fingerprint density at radius 3 is 2.17 bits per heavy atom. The summed E-state index contributed by atoms with van der Waals surface area (Å²) in [6.45, 7) is 5.38. The summed E-state index contributed by atoms with van der Waals surface area (Å²) in [5.41, 5.74) is -7.50. The van der Waals surface area contributed by atoms with E-state index in [1.165, 1.54) is 0 Å². The van der Waals surface area contributed by atoms with E-state index in [1.807, 2.05) is 6.08 Å². The molecular formula is C32H36F6N2O6. The van der Waals surface area contributed by atoms with E-state index >= 15 is 0 Å². The lowest BCUT2D eigenvalue weighted by atomic mass is 9.77. The maximum Gasteiger partial charge on any atom is 0.430 e. The number of imide groups is 1. The van der Waals surface area contributed by atoms with Crippen molar-refractivity contribution in [2.45, 2.75) is 82.8 Å². The third-order valence-corrected chi connectivity index (χ3v) is 8.34. The van der Waals surface area contributed by atoms with E-state index < -0.39 is 41.0 Å². The lowest BCUT2D eigenvalue weighted by Crippen LogP contribution is -2.54. The Morgan fingerprint density at radius 1 is 1.00 bits per heavy atom. The van der Waals surface area contributed by atoms with Gasteiger partial charge in [0.2, 0.25) is 0 Å². The standard InChI is InChI=1S/C32H36F6N2O6/c1-4-9-20-17-23(30(43,31(33,34)35)32(36,37)38)18-21(10-5-2)26(20)46-14-8-7-13-40-27(41)29(6-3,39-28(40)42)22-11-12-24-25(19-22)45-16-15-44-24/h11-12,17-18,22,43H,4-6,9-10,13-16,19H2,1-3H3,(H,39,42). The predicted octanol–water partition coefficient (Wildman–Crippen LogP) is 5.82. The zero-order valence-corrected chi connectivity index (χ0v) is 25.7. The number of allylic oxidation sites excluding steroid dienone is 2. The molecule has 0 bridgehead atoms. The second-order valence-electron chi connectivity index (χ2n) is 11.3. The van der Waals surface area contributed by atoms with Crippen LogP contribution in [-0.2, 0) is 32.7 Å². The summed E-state index contributed by atoms with van der Waals surface area (Å²) < 4.78 is 98.9. The van der Waals surface area contributed by atoms with Crippen LogP contribution in [0.1, 0.15) is 63.1 Å². The fourth-order valence-electron chi connectivity index (χ4n) is 5.96. The Balaban J connectivity index is 1.52. The molecule has 2 heterocycles. The average molecular weight is 659 g/mol. The van der Waals surface area contributed by atoms with Crippen molar-refractivity contribution in [1.82, 2.24) is 10.2 Å². The number of carbonyl (C=O) groups excluding carboxylic acids is 2. The van der Waals surface area contributed by atoms with Crippen LogP contribution in [0.5, 0.6) is 5.75 Å². The maximum atomic E-state index is 13.6. The number of alkyl halides is 6. The van der Waals surface area contributed by atoms with Crippen LogP contribution in [0, 0.1) is 17.8 Å². The van der Waals surface area contributed by atoms with Crippen molar-refractivity contribution >= 4 is 11.9 Å². The van der Waals surface area contributed by atoms with Crippen LogP contribution in [0.4, 0.5) is 31.1 Å². The van der Waals surface area contributed by atoms with Crippen molar-refractivity contribution in [1.29, 1.82) is 0 Å². The van der Waals surface area contributed by atoms with Gasteiger partial charge in [-0.05, 0) is 48.6 Å². The van der Waals surface area contributed by atoms with E-state index in [-0.39, 0.29) is 48.8 Å². The molecule has 2 aliphatic heterocycles. The fraction of sp³-hybridized carbons (Fsp3) is 0.562. The molecule has 1 fully saturated rings. The van der Waals surface area contributed by atoms with Crippen LogP contribution in [0.15, 0.2) is 35.8 Å². The van der Waals surface area contributed by atoms with Crippen LogP contribution in [0.2, 0.25) is 0 Å². The number of amides is 3. The van der Waals surface area contributed by atoms with Crippen LogP contribution in [0.3, 0.4) is 0 Å². The van der Waals surface area contributed by atoms with Gasteiger partial charge in [0.1, 0.15) is 36.9 Å². The second kappa shape index (κ2) is 13.5. The molecule has 0 aromatic heterocycles. The molecule has 2 N–H and O–H groups in total. The highest BCUT2D eigenvalue weighted by atomic mass is 19.4. The first-order chi connectivity index (χ1) is 21.6. The quantitative estimate of drug-likeness (QED) is 0.187. The van der Waals surface area contributed by atoms with Crippen LogP contribution in [-0.4, -0.2) is 66.2 Å². The molecular weight excluding hydrogens is 622 g/mol. The minimum atomic E-state index is -6.02. The SMILES string of the molecule is CCCc1cc(C(O)(C(F)(F)F)C(F)(F)F)cc(CCC)c1OCC#CCN1C(=O)NC(CC)(C2C=CC3=C(C2)OCCO3)C1=O. The molecule has 3 aliphatic rings. The molecule has 0 saturated carbocycles. The van der Waals surface area contributed by atoms with Crippen molar-refractivity contribution < 1.29 is 55.2 Å². The fourth-order valence-corrected chi connectivity index (χ4v) is 5.96. The minimum Gasteiger partial charge on any atom is -0.490 e. The summed E-state index contributed by atoms with van der Waals surface area (Å²) in [4.78, 5) is 27.4. The van der Waals surface area contributed by atoms with Gasteiger partial charge in [-0.15, -0.1) is 0 Å². The molecule has 14 heteroatoms. The van der Waals surface area contributed by atoms with E-state index in [1.54, 1.807) is 26.8 Å². The van der Waals surface area contributed by atoms with Crippen molar-refractivity contribution in [3.63, 3.8) is 0 Å². The highest BCUT2D eigenvalue weighted by molar-refractivity contribution is 6.07. The number of rotatable bonds is 10. The molecule has 2 atom stereocenters. The molecule has 252 valence electrons. The highest BCUT2D eigenvalue weighted by Gasteiger charge is 2.71. The van der Waals surface area contributed by atoms with Gasteiger partial charge in [-0.3, -0.25) is 9.69 Å². The summed E-state index contributed by atoms with van der Waals surface area (Å²) in [5.74, 6) is 5.84. The van der Waals surface area contributed by atoms with Gasteiger partial charge in [-0.25, -0.2) is 4.79 Å². The van der Waals surface area contributed by atoms with E-state index in [9.17, 15) is 41.0 Å². The summed E-state index contributed by atoms with van der Waals surface area (Å²) in [7, 11) is 0. The third kappa shape index (κ3) is 6.38. The van der Waals surface area contributed by atoms with Gasteiger partial charge in [-0.1, -0.05) is 51.5 Å². The molecule has 4 rings (SSSR count). The van der Waals surface area contributed by atoms with Crippen molar-refractivity contribution in [2.75, 3.05) is 26.4 Å². The number of nitrogens with zero attached hydrogens (tertiary/aromatic N) is 1. The Bertz CT molecular complexity index is 1420. The normalized spacial score (nSPS) is 21.7. The second-order valence-corrected chi connectivity index (χ2v) is 11.3. The minimum absolute atomic E-state index is 0.0603. The van der Waals surface area contributed by atoms with Crippen LogP contribution < -0.4 is 10.1 Å². The third-order valence-electron chi connectivity index (χ3n) is 8.34. The van der Waals surface area contributed by atoms with Gasteiger partial charge >= 0.3 is 18.4 Å². The lowest BCUT2D eigenvalue weighted by Gasteiger charge is -2.36. The molecule has 0 radical (unpaired) electrons. The monoisotopic (exact) mass is 658 g/mol. The molecule has 1 saturated heterocycles. The van der Waals surface area contributed by atoms with E-state index in [0.717, 1.165) is 4.90 Å². The number of halogens is 6. The summed E-state index contributed by atoms with van der Waals surface area (Å²) in [6.07, 6.45) is -6.94. The Labute approximate surface area is 262 Å². The van der Waals surface area contributed by atoms with Crippen molar-refractivity contribution in [3.8, 4) is 17.6 Å². The van der Waals surface area contributed by atoms with E-state index in [4.69, 9.17) is 14.2 Å². The van der Waals surface area contributed by atoms with Gasteiger partial charge < -0.3 is 24.6 Å². The molecule has 3 amide bonds. The predicted molar refractivity (Wildman–Crippen MR) is 153 cm³/mol. The number of urea groups is 1. The molecule has 1 aromatic rings. The topological polar surface area (TPSA) is 97.3 Å². The highest BCUT2D eigenvalue weighted by Crippen LogP contribution is 2.51. The first-order valence-electron chi connectivity index (χ1n) is 15.1. The number of benzene rings is 1. The Hall–Kier alpha value is -3.86. The number of hydrogen-bond acceptors (Lipinski definition) is 6. The summed E-state index contributed by atoms with van der Waals surface area (Å²) in [6, 6.07) is 0.726. The zero-order valence-electron chi connectivity index (χ0n) is 25.7. The Kier molecular flexibility index (Phi) is 10.3. The van der Waals surface area contributed by atoms with Gasteiger partial charge in [-0.2, -0.15) is 26.3 Å². The first kappa shape index (κ1) is 35.0. The molecule has 0 spiro atoms. The largest absolute Gasteiger partial charge is 0.490 e. The van der Waals surface area contributed by atoms with Crippen molar-refractivity contribution in [3.05, 3.63) is 52.5 Å². The zero-order chi connectivity index (χ0) is 33.9. The van der Waals surface area contributed by atoms with Crippen LogP contribution in [0.25, 0.3) is 0 Å². The first-order valence-corrected chi connectivity index (χ1v) is 15.1. The molecule has 2 unspecified atom stereocenters. The van der Waals surface area contributed by atoms with Gasteiger partial charge in [0.05, 0.1) is 6.54 Å². The molecule has 46 heavy (non-hydrogen) atoms. The number of hydrogen-bond donors (Lipinski definition) is 2. The summed E-state index contributed by atoms with van der Waals surface area (Å²) >= 11 is 0. The number of ether oxygens (including phenoxy) is 3. The van der Waals surface area contributed by atoms with E-state index in [0.29, 0.717) is 62.5 Å². The van der Waals surface area contributed by atoms with Crippen LogP contribution >= 0.6 is 0 Å². The van der Waals surface area contributed by atoms with Gasteiger partial charge in [0, 0.05) is 17.9 Å². The van der Waals surface area contributed by atoms with Gasteiger partial charge in [0.15, 0.2) is 5.76 Å². The number of aliphatic hydroxyl groups is 1. The van der Waals surface area contributed by atoms with Gasteiger partial charge in [0.25, 0.3) is 11.5 Å².